The minimum atomic E-state index is -0.484. The van der Waals surface area contributed by atoms with E-state index in [4.69, 9.17) is 9.47 Å². The van der Waals surface area contributed by atoms with Gasteiger partial charge < -0.3 is 24.7 Å². The predicted molar refractivity (Wildman–Crippen MR) is 111 cm³/mol. The third kappa shape index (κ3) is 4.09. The molecule has 2 aromatic carbocycles. The number of rotatable bonds is 5. The van der Waals surface area contributed by atoms with Gasteiger partial charge in [-0.1, -0.05) is 18.2 Å². The van der Waals surface area contributed by atoms with Gasteiger partial charge in [0.1, 0.15) is 0 Å². The van der Waals surface area contributed by atoms with Crippen LogP contribution in [-0.2, 0) is 20.7 Å². The maximum Gasteiger partial charge on any atom is 0.340 e. The number of aromatic nitrogens is 1. The number of anilines is 2. The molecule has 0 bridgehead atoms. The number of esters is 1. The summed E-state index contributed by atoms with van der Waals surface area (Å²) >= 11 is 0. The van der Waals surface area contributed by atoms with Crippen molar-refractivity contribution in [1.82, 2.24) is 4.98 Å². The number of hydrogen-bond acceptors (Lipinski definition) is 5. The fraction of sp³-hybridized carbons (Fsp3) is 0.273. The molecule has 0 saturated carbocycles. The number of para-hydroxylation sites is 1. The summed E-state index contributed by atoms with van der Waals surface area (Å²) in [6, 6.07) is 13.3. The van der Waals surface area contributed by atoms with Crippen molar-refractivity contribution in [1.29, 1.82) is 0 Å². The smallest absolute Gasteiger partial charge is 0.340 e. The first-order valence-corrected chi connectivity index (χ1v) is 9.55. The first-order chi connectivity index (χ1) is 14.2. The summed E-state index contributed by atoms with van der Waals surface area (Å²) in [6.07, 6.45) is 2.04. The number of nitrogens with zero attached hydrogens (tertiary/aromatic N) is 1. The highest BCUT2D eigenvalue weighted by Gasteiger charge is 2.19. The van der Waals surface area contributed by atoms with Crippen LogP contribution in [0.4, 0.5) is 11.4 Å². The van der Waals surface area contributed by atoms with Crippen molar-refractivity contribution in [3.8, 4) is 0 Å². The number of benzene rings is 2. The molecule has 2 N–H and O–H groups in total. The van der Waals surface area contributed by atoms with Gasteiger partial charge in [-0.05, 0) is 29.8 Å². The zero-order chi connectivity index (χ0) is 20.2. The number of fused-ring (bicyclic) bond motifs is 1. The van der Waals surface area contributed by atoms with Crippen LogP contribution in [-0.4, -0.2) is 50.3 Å². The first kappa shape index (κ1) is 19.0. The molecule has 1 saturated heterocycles. The van der Waals surface area contributed by atoms with Crippen molar-refractivity contribution in [2.24, 2.45) is 0 Å². The van der Waals surface area contributed by atoms with Gasteiger partial charge >= 0.3 is 5.97 Å². The highest BCUT2D eigenvalue weighted by atomic mass is 16.5. The van der Waals surface area contributed by atoms with E-state index in [2.05, 4.69) is 15.2 Å². The molecule has 1 aliphatic rings. The molecule has 3 aromatic rings. The Labute approximate surface area is 168 Å². The zero-order valence-corrected chi connectivity index (χ0v) is 16.2. The van der Waals surface area contributed by atoms with Gasteiger partial charge in [0, 0.05) is 35.9 Å². The number of carbonyl (C=O) groups excluding carboxylic acids is 2. The normalized spacial score (nSPS) is 14.0. The van der Waals surface area contributed by atoms with E-state index in [9.17, 15) is 9.59 Å². The van der Waals surface area contributed by atoms with Gasteiger partial charge in [-0.2, -0.15) is 0 Å². The number of H-pyrrole nitrogens is 1. The molecule has 1 fully saturated rings. The summed E-state index contributed by atoms with van der Waals surface area (Å²) in [5.74, 6) is -0.679. The Bertz CT molecular complexity index is 1040. The zero-order valence-electron chi connectivity index (χ0n) is 16.2. The number of aromatic amines is 1. The Balaban J connectivity index is 1.55. The highest BCUT2D eigenvalue weighted by Crippen LogP contribution is 2.26. The fourth-order valence-electron chi connectivity index (χ4n) is 3.58. The summed E-state index contributed by atoms with van der Waals surface area (Å²) in [6.45, 7) is 2.81. The van der Waals surface area contributed by atoms with Crippen LogP contribution in [0.25, 0.3) is 10.9 Å². The van der Waals surface area contributed by atoms with Crippen molar-refractivity contribution in [3.05, 3.63) is 59.8 Å². The average Bonchev–Trinajstić information content (AvgIpc) is 3.17. The van der Waals surface area contributed by atoms with Crippen molar-refractivity contribution < 1.29 is 19.1 Å². The first-order valence-electron chi connectivity index (χ1n) is 9.55. The molecular formula is C22H23N3O4. The Morgan fingerprint density at radius 2 is 1.97 bits per heavy atom. The number of nitrogens with one attached hydrogen (secondary N) is 2. The van der Waals surface area contributed by atoms with Crippen LogP contribution in [0.3, 0.4) is 0 Å². The van der Waals surface area contributed by atoms with Crippen molar-refractivity contribution in [2.45, 2.75) is 6.42 Å². The largest absolute Gasteiger partial charge is 0.465 e. The topological polar surface area (TPSA) is 83.7 Å². The van der Waals surface area contributed by atoms with Crippen LogP contribution >= 0.6 is 0 Å². The van der Waals surface area contributed by atoms with Crippen LogP contribution in [0.15, 0.2) is 48.7 Å². The Kier molecular flexibility index (Phi) is 5.48. The molecule has 4 rings (SSSR count). The molecule has 1 aliphatic heterocycles. The Morgan fingerprint density at radius 3 is 2.76 bits per heavy atom. The molecule has 7 heteroatoms. The number of ether oxygens (including phenoxy) is 2. The van der Waals surface area contributed by atoms with Gasteiger partial charge in [-0.25, -0.2) is 4.79 Å². The van der Waals surface area contributed by atoms with E-state index < -0.39 is 5.97 Å². The lowest BCUT2D eigenvalue weighted by molar-refractivity contribution is -0.115. The van der Waals surface area contributed by atoms with Gasteiger partial charge in [0.15, 0.2) is 0 Å². The minimum Gasteiger partial charge on any atom is -0.465 e. The van der Waals surface area contributed by atoms with Crippen molar-refractivity contribution in [2.75, 3.05) is 43.6 Å². The van der Waals surface area contributed by atoms with E-state index >= 15 is 0 Å². The van der Waals surface area contributed by atoms with Gasteiger partial charge in [0.2, 0.25) is 5.91 Å². The molecule has 150 valence electrons. The summed E-state index contributed by atoms with van der Waals surface area (Å²) in [5, 5.41) is 3.87. The highest BCUT2D eigenvalue weighted by molar-refractivity contribution is 6.03. The molecule has 0 aliphatic carbocycles. The second-order valence-corrected chi connectivity index (χ2v) is 6.91. The van der Waals surface area contributed by atoms with Gasteiger partial charge in [0.25, 0.3) is 0 Å². The predicted octanol–water partition coefficient (Wildman–Crippen LogP) is 2.97. The summed E-state index contributed by atoms with van der Waals surface area (Å²) in [4.78, 5) is 30.3. The third-order valence-electron chi connectivity index (χ3n) is 5.08. The van der Waals surface area contributed by atoms with Gasteiger partial charge in [-0.15, -0.1) is 0 Å². The van der Waals surface area contributed by atoms with E-state index in [1.807, 2.05) is 36.5 Å². The minimum absolute atomic E-state index is 0.195. The lowest BCUT2D eigenvalue weighted by Gasteiger charge is -2.29. The molecule has 0 unspecified atom stereocenters. The molecule has 7 nitrogen and oxygen atoms in total. The molecule has 0 spiro atoms. The number of morpholine rings is 1. The van der Waals surface area contributed by atoms with Gasteiger partial charge in [0.05, 0.1) is 38.0 Å². The molecule has 0 atom stereocenters. The Morgan fingerprint density at radius 1 is 1.17 bits per heavy atom. The van der Waals surface area contributed by atoms with E-state index in [1.165, 1.54) is 7.11 Å². The van der Waals surface area contributed by atoms with Crippen molar-refractivity contribution in [3.63, 3.8) is 0 Å². The van der Waals surface area contributed by atoms with Crippen LogP contribution in [0.1, 0.15) is 15.9 Å². The molecule has 29 heavy (non-hydrogen) atoms. The number of methoxy groups -OCH3 is 1. The Hall–Kier alpha value is -3.32. The number of amides is 1. The summed E-state index contributed by atoms with van der Waals surface area (Å²) in [5.41, 5.74) is 3.58. The lowest BCUT2D eigenvalue weighted by atomic mass is 10.1. The van der Waals surface area contributed by atoms with Crippen LogP contribution in [0.5, 0.6) is 0 Å². The quantitative estimate of drug-likeness (QED) is 0.651. The SMILES string of the molecule is COC(=O)c1cc(N2CCOCC2)ccc1NC(=O)Cc1c[nH]c2ccccc12. The number of hydrogen-bond donors (Lipinski definition) is 2. The fourth-order valence-corrected chi connectivity index (χ4v) is 3.58. The maximum absolute atomic E-state index is 12.7. The van der Waals surface area contributed by atoms with E-state index in [0.717, 1.165) is 35.2 Å². The lowest BCUT2D eigenvalue weighted by Crippen LogP contribution is -2.36. The second kappa shape index (κ2) is 8.36. The summed E-state index contributed by atoms with van der Waals surface area (Å²) in [7, 11) is 1.33. The van der Waals surface area contributed by atoms with E-state index in [-0.39, 0.29) is 12.3 Å². The van der Waals surface area contributed by atoms with Crippen molar-refractivity contribution >= 4 is 34.2 Å². The van der Waals surface area contributed by atoms with Crippen LogP contribution in [0.2, 0.25) is 0 Å². The standard InChI is InChI=1S/C22H23N3O4/c1-28-22(27)18-13-16(25-8-10-29-11-9-25)6-7-20(18)24-21(26)12-15-14-23-19-5-3-2-4-17(15)19/h2-7,13-14,23H,8-12H2,1H3,(H,24,26). The molecule has 2 heterocycles. The monoisotopic (exact) mass is 393 g/mol. The third-order valence-corrected chi connectivity index (χ3v) is 5.08. The molecule has 1 aromatic heterocycles. The van der Waals surface area contributed by atoms with Gasteiger partial charge in [-0.3, -0.25) is 4.79 Å². The van der Waals surface area contributed by atoms with E-state index in [0.29, 0.717) is 24.5 Å². The van der Waals surface area contributed by atoms with Crippen LogP contribution in [0, 0.1) is 0 Å². The molecular weight excluding hydrogens is 370 g/mol. The number of carbonyl (C=O) groups is 2. The average molecular weight is 393 g/mol. The summed E-state index contributed by atoms with van der Waals surface area (Å²) < 4.78 is 10.3. The molecule has 1 amide bonds. The maximum atomic E-state index is 12.7. The van der Waals surface area contributed by atoms with E-state index in [1.54, 1.807) is 12.1 Å². The molecule has 0 radical (unpaired) electrons. The second-order valence-electron chi connectivity index (χ2n) is 6.91. The van der Waals surface area contributed by atoms with Crippen LogP contribution < -0.4 is 10.2 Å².